The predicted molar refractivity (Wildman–Crippen MR) is 117 cm³/mol. The second-order valence-corrected chi connectivity index (χ2v) is 7.95. The molecule has 0 atom stereocenters. The number of aromatic nitrogens is 2. The van der Waals surface area contributed by atoms with Crippen molar-refractivity contribution in [1.29, 1.82) is 0 Å². The molecule has 1 aromatic carbocycles. The number of nitrogens with zero attached hydrogens (tertiary/aromatic N) is 5. The number of nitrogens with one attached hydrogen (secondary N) is 1. The van der Waals surface area contributed by atoms with Crippen LogP contribution in [0.5, 0.6) is 0 Å². The maximum absolute atomic E-state index is 12.7. The first kappa shape index (κ1) is 19.6. The minimum atomic E-state index is -0.198. The van der Waals surface area contributed by atoms with Gasteiger partial charge in [0.1, 0.15) is 17.8 Å². The summed E-state index contributed by atoms with van der Waals surface area (Å²) in [5.74, 6) is 0.647. The summed E-state index contributed by atoms with van der Waals surface area (Å²) in [6.45, 7) is 6.19. The summed E-state index contributed by atoms with van der Waals surface area (Å²) in [6.07, 6.45) is 6.36. The summed E-state index contributed by atoms with van der Waals surface area (Å²) in [7, 11) is 2.15. The van der Waals surface area contributed by atoms with Crippen LogP contribution >= 0.6 is 0 Å². The second kappa shape index (κ2) is 9.22. The highest BCUT2D eigenvalue weighted by molar-refractivity contribution is 6.03. The van der Waals surface area contributed by atoms with Crippen LogP contribution in [0.4, 0.5) is 17.2 Å². The molecule has 2 aromatic rings. The molecule has 0 unspecified atom stereocenters. The quantitative estimate of drug-likeness (QED) is 0.860. The maximum Gasteiger partial charge on any atom is 0.274 e. The first-order chi connectivity index (χ1) is 14.2. The molecule has 0 saturated carbocycles. The standard InChI is InChI=1S/C22H30N6O/c1-26-12-14-27(15-13-26)19-8-6-18(7-9-19)25-22(29)20-16-21(24-17-23-20)28-10-4-2-3-5-11-28/h6-9,16-17H,2-5,10-15H2,1H3,(H,25,29). The van der Waals surface area contributed by atoms with Crippen LogP contribution in [0.3, 0.4) is 0 Å². The van der Waals surface area contributed by atoms with Crippen LogP contribution in [0.15, 0.2) is 36.7 Å². The van der Waals surface area contributed by atoms with Gasteiger partial charge in [0.15, 0.2) is 0 Å². The Balaban J connectivity index is 1.39. The zero-order valence-electron chi connectivity index (χ0n) is 17.2. The molecule has 0 bridgehead atoms. The van der Waals surface area contributed by atoms with E-state index in [4.69, 9.17) is 0 Å². The molecular formula is C22H30N6O. The molecule has 2 fully saturated rings. The highest BCUT2D eigenvalue weighted by atomic mass is 16.1. The Bertz CT molecular complexity index is 808. The van der Waals surface area contributed by atoms with Crippen LogP contribution in [-0.2, 0) is 0 Å². The van der Waals surface area contributed by atoms with E-state index < -0.39 is 0 Å². The minimum absolute atomic E-state index is 0.198. The number of rotatable bonds is 4. The summed E-state index contributed by atoms with van der Waals surface area (Å²) in [4.78, 5) is 28.3. The molecule has 1 N–H and O–H groups in total. The Morgan fingerprint density at radius 2 is 1.55 bits per heavy atom. The van der Waals surface area contributed by atoms with E-state index in [0.717, 1.165) is 50.8 Å². The number of piperazine rings is 1. The van der Waals surface area contributed by atoms with E-state index in [0.29, 0.717) is 5.69 Å². The van der Waals surface area contributed by atoms with Crippen molar-refractivity contribution in [1.82, 2.24) is 14.9 Å². The second-order valence-electron chi connectivity index (χ2n) is 7.95. The molecule has 154 valence electrons. The summed E-state index contributed by atoms with van der Waals surface area (Å²) in [5, 5.41) is 2.96. The lowest BCUT2D eigenvalue weighted by atomic mass is 10.2. The van der Waals surface area contributed by atoms with Crippen LogP contribution in [0, 0.1) is 0 Å². The third-order valence-corrected chi connectivity index (χ3v) is 5.81. The fraction of sp³-hybridized carbons (Fsp3) is 0.500. The third-order valence-electron chi connectivity index (χ3n) is 5.81. The monoisotopic (exact) mass is 394 g/mol. The molecule has 29 heavy (non-hydrogen) atoms. The molecule has 4 rings (SSSR count). The van der Waals surface area contributed by atoms with Crippen LogP contribution < -0.4 is 15.1 Å². The molecule has 0 aliphatic carbocycles. The highest BCUT2D eigenvalue weighted by Crippen LogP contribution is 2.21. The highest BCUT2D eigenvalue weighted by Gasteiger charge is 2.16. The Hall–Kier alpha value is -2.67. The smallest absolute Gasteiger partial charge is 0.274 e. The van der Waals surface area contributed by atoms with Gasteiger partial charge < -0.3 is 20.0 Å². The van der Waals surface area contributed by atoms with Crippen LogP contribution in [0.25, 0.3) is 0 Å². The van der Waals surface area contributed by atoms with Crippen LogP contribution in [-0.4, -0.2) is 67.1 Å². The number of carbonyl (C=O) groups is 1. The van der Waals surface area contributed by atoms with Crippen LogP contribution in [0.2, 0.25) is 0 Å². The molecule has 1 aromatic heterocycles. The Kier molecular flexibility index (Phi) is 6.24. The van der Waals surface area contributed by atoms with Crippen molar-refractivity contribution in [2.75, 3.05) is 61.4 Å². The average Bonchev–Trinajstić information content (AvgIpc) is 3.05. The molecule has 2 aliphatic rings. The largest absolute Gasteiger partial charge is 0.369 e. The van der Waals surface area contributed by atoms with Gasteiger partial charge in [-0.05, 0) is 44.2 Å². The van der Waals surface area contributed by atoms with Gasteiger partial charge >= 0.3 is 0 Å². The first-order valence-corrected chi connectivity index (χ1v) is 10.6. The van der Waals surface area contributed by atoms with E-state index in [1.165, 1.54) is 37.7 Å². The molecule has 2 saturated heterocycles. The number of amides is 1. The van der Waals surface area contributed by atoms with Gasteiger partial charge in [-0.15, -0.1) is 0 Å². The fourth-order valence-electron chi connectivity index (χ4n) is 3.96. The predicted octanol–water partition coefficient (Wildman–Crippen LogP) is 2.86. The summed E-state index contributed by atoms with van der Waals surface area (Å²) in [6, 6.07) is 9.87. The Morgan fingerprint density at radius 1 is 0.862 bits per heavy atom. The molecular weight excluding hydrogens is 364 g/mol. The summed E-state index contributed by atoms with van der Waals surface area (Å²) < 4.78 is 0. The van der Waals surface area contributed by atoms with Gasteiger partial charge in [0, 0.05) is 56.7 Å². The van der Waals surface area contributed by atoms with Gasteiger partial charge in [-0.3, -0.25) is 4.79 Å². The Labute approximate surface area is 172 Å². The number of carbonyl (C=O) groups excluding carboxylic acids is 1. The van der Waals surface area contributed by atoms with Crippen molar-refractivity contribution < 1.29 is 4.79 Å². The zero-order valence-corrected chi connectivity index (χ0v) is 17.2. The van der Waals surface area contributed by atoms with Gasteiger partial charge in [0.25, 0.3) is 5.91 Å². The maximum atomic E-state index is 12.7. The van der Waals surface area contributed by atoms with E-state index >= 15 is 0 Å². The van der Waals surface area contributed by atoms with E-state index in [-0.39, 0.29) is 5.91 Å². The number of hydrogen-bond donors (Lipinski definition) is 1. The van der Waals surface area contributed by atoms with Crippen molar-refractivity contribution in [2.45, 2.75) is 25.7 Å². The molecule has 7 heteroatoms. The van der Waals surface area contributed by atoms with Gasteiger partial charge in [0.2, 0.25) is 0 Å². The number of benzene rings is 1. The van der Waals surface area contributed by atoms with E-state index in [1.54, 1.807) is 6.07 Å². The van der Waals surface area contributed by atoms with Crippen molar-refractivity contribution in [3.63, 3.8) is 0 Å². The third kappa shape index (κ3) is 5.03. The number of hydrogen-bond acceptors (Lipinski definition) is 6. The van der Waals surface area contributed by atoms with Crippen molar-refractivity contribution >= 4 is 23.1 Å². The van der Waals surface area contributed by atoms with E-state index in [2.05, 4.69) is 49.2 Å². The molecule has 7 nitrogen and oxygen atoms in total. The summed E-state index contributed by atoms with van der Waals surface area (Å²) in [5.41, 5.74) is 2.38. The van der Waals surface area contributed by atoms with Crippen molar-refractivity contribution in [2.24, 2.45) is 0 Å². The Morgan fingerprint density at radius 3 is 2.24 bits per heavy atom. The molecule has 0 radical (unpaired) electrons. The topological polar surface area (TPSA) is 64.6 Å². The average molecular weight is 395 g/mol. The SMILES string of the molecule is CN1CCN(c2ccc(NC(=O)c3cc(N4CCCCCC4)ncn3)cc2)CC1. The number of likely N-dealkylation sites (N-methyl/N-ethyl adjacent to an activating group) is 1. The molecule has 0 spiro atoms. The van der Waals surface area contributed by atoms with Gasteiger partial charge in [-0.2, -0.15) is 0 Å². The van der Waals surface area contributed by atoms with Gasteiger partial charge in [-0.1, -0.05) is 12.8 Å². The van der Waals surface area contributed by atoms with Crippen molar-refractivity contribution in [3.8, 4) is 0 Å². The lowest BCUT2D eigenvalue weighted by Crippen LogP contribution is -2.44. The van der Waals surface area contributed by atoms with Crippen molar-refractivity contribution in [3.05, 3.63) is 42.4 Å². The number of anilines is 3. The lowest BCUT2D eigenvalue weighted by molar-refractivity contribution is 0.102. The summed E-state index contributed by atoms with van der Waals surface area (Å²) >= 11 is 0. The van der Waals surface area contributed by atoms with Crippen LogP contribution in [0.1, 0.15) is 36.2 Å². The van der Waals surface area contributed by atoms with E-state index in [9.17, 15) is 4.79 Å². The minimum Gasteiger partial charge on any atom is -0.369 e. The molecule has 1 amide bonds. The zero-order chi connectivity index (χ0) is 20.1. The van der Waals surface area contributed by atoms with E-state index in [1.807, 2.05) is 12.1 Å². The molecule has 3 heterocycles. The fourth-order valence-corrected chi connectivity index (χ4v) is 3.96. The first-order valence-electron chi connectivity index (χ1n) is 10.6. The lowest BCUT2D eigenvalue weighted by Gasteiger charge is -2.34. The molecule has 2 aliphatic heterocycles. The van der Waals surface area contributed by atoms with Gasteiger partial charge in [0.05, 0.1) is 0 Å². The normalized spacial score (nSPS) is 18.4. The van der Waals surface area contributed by atoms with Gasteiger partial charge in [-0.25, -0.2) is 9.97 Å².